The molecule has 0 aliphatic carbocycles. The minimum Gasteiger partial charge on any atom is -0.306 e. The van der Waals surface area contributed by atoms with Gasteiger partial charge in [-0.1, -0.05) is 121 Å². The standard InChI is InChI=1S/C37H51N3O2/c1-3-5-7-9-11-13-15-18-30-22-26-32(27-23-30)36(41)39-34-20-17-21-35(38-34)40-37(42)33-28-24-31(25-29-33)19-16-14-12-10-8-6-4-2/h17,20-29H,3-16,18-19H2,1-2H3,(H2,38,39,40,41,42). The van der Waals surface area contributed by atoms with Gasteiger partial charge in [-0.3, -0.25) is 9.59 Å². The molecule has 5 heteroatoms. The third kappa shape index (κ3) is 12.6. The third-order valence-corrected chi connectivity index (χ3v) is 7.80. The molecule has 0 aliphatic rings. The van der Waals surface area contributed by atoms with Crippen LogP contribution in [0.3, 0.4) is 0 Å². The van der Waals surface area contributed by atoms with Gasteiger partial charge in [0.2, 0.25) is 0 Å². The molecule has 0 aliphatic heterocycles. The smallest absolute Gasteiger partial charge is 0.256 e. The van der Waals surface area contributed by atoms with E-state index in [0.29, 0.717) is 22.8 Å². The molecule has 0 atom stereocenters. The first-order valence-electron chi connectivity index (χ1n) is 16.4. The average Bonchev–Trinajstić information content (AvgIpc) is 3.01. The third-order valence-electron chi connectivity index (χ3n) is 7.80. The zero-order valence-corrected chi connectivity index (χ0v) is 25.9. The fourth-order valence-corrected chi connectivity index (χ4v) is 5.17. The molecule has 226 valence electrons. The second kappa shape index (κ2) is 19.6. The number of nitrogens with one attached hydrogen (secondary N) is 2. The number of aryl methyl sites for hydroxylation is 2. The van der Waals surface area contributed by atoms with E-state index in [0.717, 1.165) is 12.8 Å². The van der Waals surface area contributed by atoms with E-state index < -0.39 is 0 Å². The predicted octanol–water partition coefficient (Wildman–Crippen LogP) is 10.2. The number of carbonyl (C=O) groups excluding carboxylic acids is 2. The van der Waals surface area contributed by atoms with Gasteiger partial charge in [-0.05, 0) is 73.2 Å². The highest BCUT2D eigenvalue weighted by molar-refractivity contribution is 6.05. The Bertz CT molecular complexity index is 1100. The fraction of sp³-hybridized carbons (Fsp3) is 0.486. The van der Waals surface area contributed by atoms with E-state index in [4.69, 9.17) is 0 Å². The summed E-state index contributed by atoms with van der Waals surface area (Å²) < 4.78 is 0. The predicted molar refractivity (Wildman–Crippen MR) is 176 cm³/mol. The molecule has 3 rings (SSSR count). The van der Waals surface area contributed by atoms with Gasteiger partial charge in [0, 0.05) is 11.1 Å². The van der Waals surface area contributed by atoms with Gasteiger partial charge in [-0.25, -0.2) is 4.98 Å². The second-order valence-corrected chi connectivity index (χ2v) is 11.5. The van der Waals surface area contributed by atoms with Crippen LogP contribution in [0.15, 0.2) is 66.7 Å². The van der Waals surface area contributed by atoms with Gasteiger partial charge in [0.1, 0.15) is 11.6 Å². The Morgan fingerprint density at radius 2 is 0.857 bits per heavy atom. The SMILES string of the molecule is CCCCCCCCCc1ccc(C(=O)Nc2cccc(NC(=O)c3ccc(CCCCCCCCC)cc3)n2)cc1. The van der Waals surface area contributed by atoms with Crippen molar-refractivity contribution in [2.24, 2.45) is 0 Å². The number of unbranched alkanes of at least 4 members (excludes halogenated alkanes) is 12. The van der Waals surface area contributed by atoms with Gasteiger partial charge in [0.15, 0.2) is 0 Å². The summed E-state index contributed by atoms with van der Waals surface area (Å²) in [6.07, 6.45) is 20.2. The first-order valence-corrected chi connectivity index (χ1v) is 16.4. The molecule has 0 unspecified atom stereocenters. The molecule has 2 N–H and O–H groups in total. The average molecular weight is 570 g/mol. The number of hydrogen-bond acceptors (Lipinski definition) is 3. The number of amides is 2. The lowest BCUT2D eigenvalue weighted by Crippen LogP contribution is -2.16. The monoisotopic (exact) mass is 569 g/mol. The molecule has 0 bridgehead atoms. The van der Waals surface area contributed by atoms with Crippen LogP contribution in [-0.4, -0.2) is 16.8 Å². The van der Waals surface area contributed by atoms with Crippen LogP contribution in [0.4, 0.5) is 11.6 Å². The van der Waals surface area contributed by atoms with E-state index in [9.17, 15) is 9.59 Å². The van der Waals surface area contributed by atoms with Gasteiger partial charge in [0.25, 0.3) is 11.8 Å². The number of anilines is 2. The number of hydrogen-bond donors (Lipinski definition) is 2. The van der Waals surface area contributed by atoms with Crippen LogP contribution in [-0.2, 0) is 12.8 Å². The Balaban J connectivity index is 1.41. The number of rotatable bonds is 20. The Morgan fingerprint density at radius 3 is 1.24 bits per heavy atom. The molecule has 0 radical (unpaired) electrons. The van der Waals surface area contributed by atoms with Crippen molar-refractivity contribution in [1.29, 1.82) is 0 Å². The topological polar surface area (TPSA) is 71.1 Å². The van der Waals surface area contributed by atoms with E-state index in [1.165, 1.54) is 101 Å². The first kappa shape index (κ1) is 33.0. The maximum absolute atomic E-state index is 12.8. The molecule has 3 aromatic rings. The summed E-state index contributed by atoms with van der Waals surface area (Å²) in [6.45, 7) is 4.49. The minimum atomic E-state index is -0.218. The van der Waals surface area contributed by atoms with Gasteiger partial charge in [-0.15, -0.1) is 0 Å². The molecular weight excluding hydrogens is 518 g/mol. The van der Waals surface area contributed by atoms with E-state index in [1.807, 2.05) is 48.5 Å². The summed E-state index contributed by atoms with van der Waals surface area (Å²) >= 11 is 0. The quantitative estimate of drug-likeness (QED) is 0.133. The summed E-state index contributed by atoms with van der Waals surface area (Å²) in [4.78, 5) is 30.1. The van der Waals surface area contributed by atoms with Crippen LogP contribution >= 0.6 is 0 Å². The summed E-state index contributed by atoms with van der Waals surface area (Å²) in [7, 11) is 0. The zero-order chi connectivity index (χ0) is 29.8. The first-order chi connectivity index (χ1) is 20.6. The molecular formula is C37H51N3O2. The normalized spacial score (nSPS) is 10.9. The van der Waals surface area contributed by atoms with Gasteiger partial charge in [-0.2, -0.15) is 0 Å². The fourth-order valence-electron chi connectivity index (χ4n) is 5.17. The lowest BCUT2D eigenvalue weighted by molar-refractivity contribution is 0.101. The molecule has 5 nitrogen and oxygen atoms in total. The molecule has 1 heterocycles. The van der Waals surface area contributed by atoms with Crippen LogP contribution in [0.5, 0.6) is 0 Å². The molecule has 2 aromatic carbocycles. The minimum absolute atomic E-state index is 0.218. The van der Waals surface area contributed by atoms with Crippen molar-refractivity contribution >= 4 is 23.5 Å². The summed E-state index contributed by atoms with van der Waals surface area (Å²) in [5.41, 5.74) is 3.69. The molecule has 1 aromatic heterocycles. The molecule has 0 saturated carbocycles. The van der Waals surface area contributed by atoms with Crippen molar-refractivity contribution < 1.29 is 9.59 Å². The summed E-state index contributed by atoms with van der Waals surface area (Å²) in [6, 6.07) is 20.8. The van der Waals surface area contributed by atoms with Crippen molar-refractivity contribution in [3.63, 3.8) is 0 Å². The molecule has 2 amide bonds. The Kier molecular flexibility index (Phi) is 15.4. The van der Waals surface area contributed by atoms with E-state index >= 15 is 0 Å². The Hall–Kier alpha value is -3.47. The Morgan fingerprint density at radius 1 is 0.500 bits per heavy atom. The van der Waals surface area contributed by atoms with Crippen molar-refractivity contribution in [2.75, 3.05) is 10.6 Å². The van der Waals surface area contributed by atoms with Crippen LogP contribution in [0, 0.1) is 0 Å². The molecule has 0 spiro atoms. The van der Waals surface area contributed by atoms with Gasteiger partial charge >= 0.3 is 0 Å². The van der Waals surface area contributed by atoms with Crippen molar-refractivity contribution in [3.8, 4) is 0 Å². The van der Waals surface area contributed by atoms with Crippen LogP contribution < -0.4 is 10.6 Å². The summed E-state index contributed by atoms with van der Waals surface area (Å²) in [5.74, 6) is 0.361. The number of nitrogens with zero attached hydrogens (tertiary/aromatic N) is 1. The van der Waals surface area contributed by atoms with E-state index in [1.54, 1.807) is 18.2 Å². The zero-order valence-electron chi connectivity index (χ0n) is 25.9. The van der Waals surface area contributed by atoms with E-state index in [2.05, 4.69) is 29.5 Å². The Labute approximate surface area is 253 Å². The number of aromatic nitrogens is 1. The van der Waals surface area contributed by atoms with Crippen LogP contribution in [0.1, 0.15) is 136 Å². The number of pyridine rings is 1. The molecule has 0 saturated heterocycles. The van der Waals surface area contributed by atoms with E-state index in [-0.39, 0.29) is 11.8 Å². The largest absolute Gasteiger partial charge is 0.306 e. The maximum atomic E-state index is 12.8. The van der Waals surface area contributed by atoms with Gasteiger partial charge < -0.3 is 10.6 Å². The number of benzene rings is 2. The second-order valence-electron chi connectivity index (χ2n) is 11.5. The van der Waals surface area contributed by atoms with Crippen molar-refractivity contribution in [2.45, 2.75) is 117 Å². The van der Waals surface area contributed by atoms with Crippen LogP contribution in [0.2, 0.25) is 0 Å². The highest BCUT2D eigenvalue weighted by atomic mass is 16.2. The lowest BCUT2D eigenvalue weighted by Gasteiger charge is -2.09. The van der Waals surface area contributed by atoms with Crippen molar-refractivity contribution in [1.82, 2.24) is 4.98 Å². The van der Waals surface area contributed by atoms with Gasteiger partial charge in [0.05, 0.1) is 0 Å². The number of carbonyl (C=O) groups is 2. The highest BCUT2D eigenvalue weighted by Gasteiger charge is 2.10. The van der Waals surface area contributed by atoms with Crippen LogP contribution in [0.25, 0.3) is 0 Å². The highest BCUT2D eigenvalue weighted by Crippen LogP contribution is 2.16. The molecule has 42 heavy (non-hydrogen) atoms. The molecule has 0 fully saturated rings. The van der Waals surface area contributed by atoms with Crippen molar-refractivity contribution in [3.05, 3.63) is 89.0 Å². The maximum Gasteiger partial charge on any atom is 0.256 e. The lowest BCUT2D eigenvalue weighted by atomic mass is 10.0. The summed E-state index contributed by atoms with van der Waals surface area (Å²) in [5, 5.41) is 5.70.